The number of likely N-dealkylation sites (tertiary alicyclic amines) is 1. The Labute approximate surface area is 201 Å². The standard InChI is InChI=1S/C24H33N5O4S/c1-17-7-8-18(2)21(11-17)13-26-23(30)22-6-4-10-29(22)24(31)20-5-3-9-27(16-20)34(32,33)28-14-19(12-25)15-28/h7-8,11,19-20,22H,3-6,9-10,13-16H2,1-2H3,(H,26,30)/t20-,22+/m0/s1. The summed E-state index contributed by atoms with van der Waals surface area (Å²) in [5, 5.41) is 11.9. The Morgan fingerprint density at radius 3 is 2.56 bits per heavy atom. The third kappa shape index (κ3) is 4.97. The first-order valence-electron chi connectivity index (χ1n) is 12.0. The van der Waals surface area contributed by atoms with Gasteiger partial charge in [-0.3, -0.25) is 9.59 Å². The lowest BCUT2D eigenvalue weighted by atomic mass is 9.97. The van der Waals surface area contributed by atoms with Gasteiger partial charge in [0.25, 0.3) is 10.2 Å². The Balaban J connectivity index is 1.37. The molecule has 0 bridgehead atoms. The number of rotatable bonds is 6. The first kappa shape index (κ1) is 24.6. The first-order chi connectivity index (χ1) is 16.2. The molecular weight excluding hydrogens is 454 g/mol. The highest BCUT2D eigenvalue weighted by molar-refractivity contribution is 7.86. The molecule has 10 heteroatoms. The van der Waals surface area contributed by atoms with E-state index in [9.17, 15) is 18.0 Å². The summed E-state index contributed by atoms with van der Waals surface area (Å²) in [7, 11) is -3.67. The van der Waals surface area contributed by atoms with E-state index in [2.05, 4.69) is 17.5 Å². The minimum Gasteiger partial charge on any atom is -0.350 e. The average molecular weight is 488 g/mol. The van der Waals surface area contributed by atoms with E-state index in [1.54, 1.807) is 4.90 Å². The van der Waals surface area contributed by atoms with Crippen molar-refractivity contribution in [2.45, 2.75) is 52.1 Å². The van der Waals surface area contributed by atoms with Crippen molar-refractivity contribution in [2.75, 3.05) is 32.7 Å². The number of nitriles is 1. The van der Waals surface area contributed by atoms with Crippen LogP contribution in [0.3, 0.4) is 0 Å². The van der Waals surface area contributed by atoms with Crippen LogP contribution in [0.25, 0.3) is 0 Å². The fourth-order valence-electron chi connectivity index (χ4n) is 5.05. The zero-order chi connectivity index (χ0) is 24.5. The number of benzene rings is 1. The quantitative estimate of drug-likeness (QED) is 0.650. The number of aryl methyl sites for hydroxylation is 2. The maximum absolute atomic E-state index is 13.4. The Bertz CT molecular complexity index is 1090. The van der Waals surface area contributed by atoms with Crippen LogP contribution in [-0.2, 0) is 26.3 Å². The lowest BCUT2D eigenvalue weighted by molar-refractivity contribution is -0.142. The summed E-state index contributed by atoms with van der Waals surface area (Å²) < 4.78 is 28.5. The summed E-state index contributed by atoms with van der Waals surface area (Å²) in [5.41, 5.74) is 3.30. The second-order valence-corrected chi connectivity index (χ2v) is 11.6. The van der Waals surface area contributed by atoms with Crippen molar-refractivity contribution in [3.63, 3.8) is 0 Å². The summed E-state index contributed by atoms with van der Waals surface area (Å²) >= 11 is 0. The number of nitrogens with zero attached hydrogens (tertiary/aromatic N) is 4. The molecule has 1 aromatic carbocycles. The van der Waals surface area contributed by atoms with Crippen LogP contribution in [0.15, 0.2) is 18.2 Å². The Kier molecular flexibility index (Phi) is 7.26. The summed E-state index contributed by atoms with van der Waals surface area (Å²) in [6, 6.07) is 7.70. The van der Waals surface area contributed by atoms with Gasteiger partial charge in [-0.05, 0) is 50.7 Å². The number of amides is 2. The van der Waals surface area contributed by atoms with E-state index in [1.165, 1.54) is 8.61 Å². The van der Waals surface area contributed by atoms with E-state index in [0.717, 1.165) is 23.1 Å². The van der Waals surface area contributed by atoms with Crippen molar-refractivity contribution in [3.05, 3.63) is 34.9 Å². The maximum atomic E-state index is 13.4. The van der Waals surface area contributed by atoms with Crippen molar-refractivity contribution < 1.29 is 18.0 Å². The van der Waals surface area contributed by atoms with Gasteiger partial charge in [-0.15, -0.1) is 0 Å². The Hall–Kier alpha value is -2.48. The highest BCUT2D eigenvalue weighted by Crippen LogP contribution is 2.29. The monoisotopic (exact) mass is 487 g/mol. The molecule has 1 aromatic rings. The van der Waals surface area contributed by atoms with Gasteiger partial charge in [0.15, 0.2) is 0 Å². The van der Waals surface area contributed by atoms with Crippen LogP contribution in [0, 0.1) is 37.0 Å². The Morgan fingerprint density at radius 1 is 1.09 bits per heavy atom. The largest absolute Gasteiger partial charge is 0.350 e. The fourth-order valence-corrected chi connectivity index (χ4v) is 6.84. The first-order valence-corrected chi connectivity index (χ1v) is 13.4. The van der Waals surface area contributed by atoms with E-state index in [0.29, 0.717) is 38.9 Å². The van der Waals surface area contributed by atoms with Gasteiger partial charge < -0.3 is 10.2 Å². The average Bonchev–Trinajstić information content (AvgIpc) is 3.28. The molecule has 0 unspecified atom stereocenters. The van der Waals surface area contributed by atoms with Gasteiger partial charge in [0.1, 0.15) is 6.04 Å². The number of carbonyl (C=O) groups excluding carboxylic acids is 2. The molecule has 0 spiro atoms. The third-order valence-electron chi connectivity index (χ3n) is 7.21. The summed E-state index contributed by atoms with van der Waals surface area (Å²) in [6.07, 6.45) is 2.58. The predicted molar refractivity (Wildman–Crippen MR) is 126 cm³/mol. The molecule has 3 saturated heterocycles. The number of nitrogens with one attached hydrogen (secondary N) is 1. The highest BCUT2D eigenvalue weighted by atomic mass is 32.2. The molecule has 3 aliphatic heterocycles. The van der Waals surface area contributed by atoms with Gasteiger partial charge >= 0.3 is 0 Å². The zero-order valence-corrected chi connectivity index (χ0v) is 20.7. The second-order valence-electron chi connectivity index (χ2n) is 9.69. The van der Waals surface area contributed by atoms with Crippen molar-refractivity contribution in [1.29, 1.82) is 5.26 Å². The van der Waals surface area contributed by atoms with Gasteiger partial charge in [0.05, 0.1) is 17.9 Å². The zero-order valence-electron chi connectivity index (χ0n) is 19.9. The number of hydrogen-bond donors (Lipinski definition) is 1. The highest BCUT2D eigenvalue weighted by Gasteiger charge is 2.44. The van der Waals surface area contributed by atoms with Crippen LogP contribution in [0.5, 0.6) is 0 Å². The maximum Gasteiger partial charge on any atom is 0.282 e. The van der Waals surface area contributed by atoms with Crippen LogP contribution in [0.2, 0.25) is 0 Å². The van der Waals surface area contributed by atoms with E-state index in [1.807, 2.05) is 26.0 Å². The lowest BCUT2D eigenvalue weighted by Crippen LogP contribution is -2.57. The van der Waals surface area contributed by atoms with Crippen molar-refractivity contribution in [1.82, 2.24) is 18.8 Å². The molecule has 0 aromatic heterocycles. The van der Waals surface area contributed by atoms with Crippen molar-refractivity contribution in [3.8, 4) is 6.07 Å². The van der Waals surface area contributed by atoms with E-state index in [4.69, 9.17) is 5.26 Å². The molecule has 0 radical (unpaired) electrons. The molecule has 4 rings (SSSR count). The topological polar surface area (TPSA) is 114 Å². The molecule has 184 valence electrons. The number of carbonyl (C=O) groups is 2. The van der Waals surface area contributed by atoms with Gasteiger partial charge in [-0.25, -0.2) is 0 Å². The third-order valence-corrected chi connectivity index (χ3v) is 9.15. The SMILES string of the molecule is Cc1ccc(C)c(CNC(=O)[C@H]2CCCN2C(=O)[C@H]2CCCN(S(=O)(=O)N3CC(C#N)C3)C2)c1. The molecule has 9 nitrogen and oxygen atoms in total. The molecule has 2 amide bonds. The molecule has 3 aliphatic rings. The van der Waals surface area contributed by atoms with Crippen LogP contribution in [0.4, 0.5) is 0 Å². The molecule has 2 atom stereocenters. The molecule has 0 saturated carbocycles. The summed E-state index contributed by atoms with van der Waals surface area (Å²) in [5.74, 6) is -1.01. The minimum absolute atomic E-state index is 0.127. The van der Waals surface area contributed by atoms with Crippen LogP contribution >= 0.6 is 0 Å². The van der Waals surface area contributed by atoms with Gasteiger partial charge in [0, 0.05) is 39.3 Å². The minimum atomic E-state index is -3.67. The summed E-state index contributed by atoms with van der Waals surface area (Å²) in [4.78, 5) is 28.0. The van der Waals surface area contributed by atoms with E-state index >= 15 is 0 Å². The van der Waals surface area contributed by atoms with E-state index < -0.39 is 22.2 Å². The van der Waals surface area contributed by atoms with Crippen LogP contribution in [0.1, 0.15) is 42.4 Å². The van der Waals surface area contributed by atoms with Crippen molar-refractivity contribution in [2.24, 2.45) is 11.8 Å². The number of piperidine rings is 1. The van der Waals surface area contributed by atoms with E-state index in [-0.39, 0.29) is 37.4 Å². The lowest BCUT2D eigenvalue weighted by Gasteiger charge is -2.41. The van der Waals surface area contributed by atoms with Crippen LogP contribution in [-0.4, -0.2) is 72.5 Å². The smallest absolute Gasteiger partial charge is 0.282 e. The molecule has 1 N–H and O–H groups in total. The number of hydrogen-bond acceptors (Lipinski definition) is 5. The molecule has 3 heterocycles. The Morgan fingerprint density at radius 2 is 1.82 bits per heavy atom. The fraction of sp³-hybridized carbons (Fsp3) is 0.625. The molecular formula is C24H33N5O4S. The molecule has 3 fully saturated rings. The van der Waals surface area contributed by atoms with Gasteiger partial charge in [-0.1, -0.05) is 23.8 Å². The second kappa shape index (κ2) is 10.0. The summed E-state index contributed by atoms with van der Waals surface area (Å²) in [6.45, 7) is 5.88. The van der Waals surface area contributed by atoms with Gasteiger partial charge in [0.2, 0.25) is 11.8 Å². The van der Waals surface area contributed by atoms with Gasteiger partial charge in [-0.2, -0.15) is 22.3 Å². The van der Waals surface area contributed by atoms with Crippen molar-refractivity contribution >= 4 is 22.0 Å². The van der Waals surface area contributed by atoms with Crippen LogP contribution < -0.4 is 5.32 Å². The predicted octanol–water partition coefficient (Wildman–Crippen LogP) is 1.32. The normalized spacial score (nSPS) is 24.4. The molecule has 34 heavy (non-hydrogen) atoms. The molecule has 0 aliphatic carbocycles.